The van der Waals surface area contributed by atoms with Crippen molar-refractivity contribution in [2.24, 2.45) is 5.92 Å². The van der Waals surface area contributed by atoms with Gasteiger partial charge in [0.25, 0.3) is 0 Å². The molecule has 0 saturated carbocycles. The van der Waals surface area contributed by atoms with Crippen LogP contribution in [-0.2, 0) is 11.2 Å². The van der Waals surface area contributed by atoms with Crippen LogP contribution in [0.5, 0.6) is 0 Å². The molecule has 0 heterocycles. The Bertz CT molecular complexity index is 358. The highest BCUT2D eigenvalue weighted by molar-refractivity contribution is 5.90. The molecule has 0 saturated heterocycles. The summed E-state index contributed by atoms with van der Waals surface area (Å²) in [5, 5.41) is 0. The lowest BCUT2D eigenvalue weighted by atomic mass is 9.90. The molecule has 0 aliphatic heterocycles. The number of carbonyl (C=O) groups excluding carboxylic acids is 1. The minimum Gasteiger partial charge on any atom is -0.465 e. The second kappa shape index (κ2) is 7.10. The maximum Gasteiger partial charge on any atom is 0.338 e. The van der Waals surface area contributed by atoms with E-state index < -0.39 is 0 Å². The summed E-state index contributed by atoms with van der Waals surface area (Å²) >= 11 is 0. The molecule has 0 aliphatic rings. The largest absolute Gasteiger partial charge is 0.465 e. The van der Waals surface area contributed by atoms with Crippen LogP contribution in [0, 0.1) is 5.92 Å². The van der Waals surface area contributed by atoms with E-state index >= 15 is 0 Å². The molecule has 0 bridgehead atoms. The van der Waals surface area contributed by atoms with E-state index in [-0.39, 0.29) is 5.97 Å². The standard InChI is InChI=1S/C15H22O2/c1-4-8-12(5-2)11-13-9-6-7-10-14(13)15(16)17-3/h6-7,9-10,12H,4-5,8,11H2,1-3H3. The number of carbonyl (C=O) groups is 1. The van der Waals surface area contributed by atoms with Gasteiger partial charge in [-0.25, -0.2) is 4.79 Å². The number of hydrogen-bond donors (Lipinski definition) is 0. The van der Waals surface area contributed by atoms with Crippen molar-refractivity contribution in [1.82, 2.24) is 0 Å². The summed E-state index contributed by atoms with van der Waals surface area (Å²) in [6.45, 7) is 4.41. The van der Waals surface area contributed by atoms with Crippen LogP contribution >= 0.6 is 0 Å². The van der Waals surface area contributed by atoms with Gasteiger partial charge in [0, 0.05) is 0 Å². The van der Waals surface area contributed by atoms with E-state index in [1.807, 2.05) is 24.3 Å². The van der Waals surface area contributed by atoms with Gasteiger partial charge in [0.05, 0.1) is 12.7 Å². The topological polar surface area (TPSA) is 26.3 Å². The summed E-state index contributed by atoms with van der Waals surface area (Å²) in [5.41, 5.74) is 1.82. The first-order valence-electron chi connectivity index (χ1n) is 6.39. The third-order valence-electron chi connectivity index (χ3n) is 3.21. The van der Waals surface area contributed by atoms with Crippen molar-refractivity contribution in [2.75, 3.05) is 7.11 Å². The summed E-state index contributed by atoms with van der Waals surface area (Å²) < 4.78 is 4.81. The molecular weight excluding hydrogens is 212 g/mol. The predicted molar refractivity (Wildman–Crippen MR) is 70.2 cm³/mol. The molecule has 1 unspecified atom stereocenters. The molecule has 1 atom stereocenters. The maximum atomic E-state index is 11.6. The van der Waals surface area contributed by atoms with Gasteiger partial charge in [-0.3, -0.25) is 0 Å². The van der Waals surface area contributed by atoms with E-state index in [9.17, 15) is 4.79 Å². The lowest BCUT2D eigenvalue weighted by molar-refractivity contribution is 0.0599. The van der Waals surface area contributed by atoms with Crippen LogP contribution in [0.15, 0.2) is 24.3 Å². The van der Waals surface area contributed by atoms with Crippen LogP contribution in [0.4, 0.5) is 0 Å². The normalized spacial score (nSPS) is 12.2. The SMILES string of the molecule is CCCC(CC)Cc1ccccc1C(=O)OC. The highest BCUT2D eigenvalue weighted by Gasteiger charge is 2.14. The van der Waals surface area contributed by atoms with Crippen molar-refractivity contribution >= 4 is 5.97 Å². The van der Waals surface area contributed by atoms with E-state index in [2.05, 4.69) is 13.8 Å². The van der Waals surface area contributed by atoms with Crippen LogP contribution in [0.2, 0.25) is 0 Å². The minimum absolute atomic E-state index is 0.230. The number of esters is 1. The fourth-order valence-corrected chi connectivity index (χ4v) is 2.18. The molecule has 0 fully saturated rings. The summed E-state index contributed by atoms with van der Waals surface area (Å²) in [4.78, 5) is 11.6. The highest BCUT2D eigenvalue weighted by Crippen LogP contribution is 2.20. The van der Waals surface area contributed by atoms with Gasteiger partial charge >= 0.3 is 5.97 Å². The average molecular weight is 234 g/mol. The third kappa shape index (κ3) is 3.88. The highest BCUT2D eigenvalue weighted by atomic mass is 16.5. The molecule has 0 aliphatic carbocycles. The van der Waals surface area contributed by atoms with Gasteiger partial charge in [0.2, 0.25) is 0 Å². The lowest BCUT2D eigenvalue weighted by Gasteiger charge is -2.15. The number of ether oxygens (including phenoxy) is 1. The molecule has 94 valence electrons. The second-order valence-corrected chi connectivity index (χ2v) is 4.42. The van der Waals surface area contributed by atoms with Gasteiger partial charge in [0.15, 0.2) is 0 Å². The zero-order chi connectivity index (χ0) is 12.7. The van der Waals surface area contributed by atoms with Crippen LogP contribution in [-0.4, -0.2) is 13.1 Å². The Kier molecular flexibility index (Phi) is 5.75. The Morgan fingerprint density at radius 2 is 2.00 bits per heavy atom. The number of methoxy groups -OCH3 is 1. The lowest BCUT2D eigenvalue weighted by Crippen LogP contribution is -2.10. The average Bonchev–Trinajstić information content (AvgIpc) is 2.38. The molecule has 0 radical (unpaired) electrons. The first-order valence-corrected chi connectivity index (χ1v) is 6.39. The molecule has 0 spiro atoms. The first-order chi connectivity index (χ1) is 8.22. The Labute approximate surface area is 104 Å². The van der Waals surface area contributed by atoms with Crippen molar-refractivity contribution < 1.29 is 9.53 Å². The number of benzene rings is 1. The van der Waals surface area contributed by atoms with Crippen LogP contribution in [0.3, 0.4) is 0 Å². The monoisotopic (exact) mass is 234 g/mol. The van der Waals surface area contributed by atoms with Gasteiger partial charge in [-0.2, -0.15) is 0 Å². The molecular formula is C15H22O2. The van der Waals surface area contributed by atoms with Crippen molar-refractivity contribution in [3.05, 3.63) is 35.4 Å². The molecule has 0 amide bonds. The molecule has 2 nitrogen and oxygen atoms in total. The van der Waals surface area contributed by atoms with E-state index in [1.165, 1.54) is 20.0 Å². The molecule has 0 aromatic heterocycles. The second-order valence-electron chi connectivity index (χ2n) is 4.42. The summed E-state index contributed by atoms with van der Waals surface area (Å²) in [5.74, 6) is 0.428. The van der Waals surface area contributed by atoms with Gasteiger partial charge in [-0.1, -0.05) is 51.3 Å². The van der Waals surface area contributed by atoms with E-state index in [1.54, 1.807) is 0 Å². The fraction of sp³-hybridized carbons (Fsp3) is 0.533. The van der Waals surface area contributed by atoms with E-state index in [0.717, 1.165) is 18.4 Å². The quantitative estimate of drug-likeness (QED) is 0.699. The smallest absolute Gasteiger partial charge is 0.338 e. The van der Waals surface area contributed by atoms with E-state index in [0.29, 0.717) is 11.5 Å². The summed E-state index contributed by atoms with van der Waals surface area (Å²) in [6, 6.07) is 7.75. The maximum absolute atomic E-state index is 11.6. The van der Waals surface area contributed by atoms with Gasteiger partial charge in [-0.15, -0.1) is 0 Å². The van der Waals surface area contributed by atoms with Crippen molar-refractivity contribution in [3.63, 3.8) is 0 Å². The Balaban J connectivity index is 2.85. The third-order valence-corrected chi connectivity index (χ3v) is 3.21. The molecule has 1 aromatic rings. The van der Waals surface area contributed by atoms with Crippen molar-refractivity contribution in [1.29, 1.82) is 0 Å². The van der Waals surface area contributed by atoms with Crippen LogP contribution < -0.4 is 0 Å². The number of hydrogen-bond acceptors (Lipinski definition) is 2. The first kappa shape index (κ1) is 13.8. The van der Waals surface area contributed by atoms with Gasteiger partial charge in [-0.05, 0) is 24.0 Å². The molecule has 1 aromatic carbocycles. The summed E-state index contributed by atoms with van der Waals surface area (Å²) in [7, 11) is 1.43. The fourth-order valence-electron chi connectivity index (χ4n) is 2.18. The van der Waals surface area contributed by atoms with Crippen molar-refractivity contribution in [3.8, 4) is 0 Å². The molecule has 2 heteroatoms. The summed E-state index contributed by atoms with van der Waals surface area (Å²) in [6.07, 6.45) is 4.53. The predicted octanol–water partition coefficient (Wildman–Crippen LogP) is 3.84. The molecule has 0 N–H and O–H groups in total. The van der Waals surface area contributed by atoms with Crippen LogP contribution in [0.1, 0.15) is 49.0 Å². The molecule has 1 rings (SSSR count). The number of rotatable bonds is 6. The minimum atomic E-state index is -0.230. The Morgan fingerprint density at radius 3 is 2.59 bits per heavy atom. The zero-order valence-electron chi connectivity index (χ0n) is 11.0. The van der Waals surface area contributed by atoms with Gasteiger partial charge in [0.1, 0.15) is 0 Å². The van der Waals surface area contributed by atoms with Crippen molar-refractivity contribution in [2.45, 2.75) is 39.5 Å². The Hall–Kier alpha value is -1.31. The Morgan fingerprint density at radius 1 is 1.29 bits per heavy atom. The van der Waals surface area contributed by atoms with E-state index in [4.69, 9.17) is 4.74 Å². The molecule has 17 heavy (non-hydrogen) atoms. The van der Waals surface area contributed by atoms with Gasteiger partial charge < -0.3 is 4.74 Å². The van der Waals surface area contributed by atoms with Crippen LogP contribution in [0.25, 0.3) is 0 Å². The zero-order valence-corrected chi connectivity index (χ0v) is 11.0.